The number of halogens is 1. The summed E-state index contributed by atoms with van der Waals surface area (Å²) in [5, 5.41) is 0. The number of aromatic nitrogens is 2. The van der Waals surface area contributed by atoms with E-state index >= 15 is 0 Å². The van der Waals surface area contributed by atoms with E-state index in [0.29, 0.717) is 44.2 Å². The maximum absolute atomic E-state index is 13.7. The number of anilines is 1. The minimum Gasteiger partial charge on any atom is -0.379 e. The van der Waals surface area contributed by atoms with Crippen LogP contribution in [0.3, 0.4) is 0 Å². The van der Waals surface area contributed by atoms with Crippen molar-refractivity contribution in [3.05, 3.63) is 17.7 Å². The first-order chi connectivity index (χ1) is 11.0. The van der Waals surface area contributed by atoms with E-state index in [0.717, 1.165) is 25.6 Å². The molecule has 1 spiro atoms. The highest BCUT2D eigenvalue weighted by molar-refractivity contribution is 5.75. The van der Waals surface area contributed by atoms with Crippen LogP contribution in [-0.4, -0.2) is 47.1 Å². The molecule has 1 aliphatic carbocycles. The SMILES string of the molecule is CCC(=O)N1CCOCC2(CC(Cc3nc(N)ncc3F)C2)C1. The van der Waals surface area contributed by atoms with Gasteiger partial charge in [0.2, 0.25) is 11.9 Å². The third kappa shape index (κ3) is 3.44. The molecule has 2 heterocycles. The average Bonchev–Trinajstić information content (AvgIpc) is 2.73. The second-order valence-corrected chi connectivity index (χ2v) is 6.72. The number of rotatable bonds is 3. The Balaban J connectivity index is 1.62. The number of hydrogen-bond acceptors (Lipinski definition) is 5. The first-order valence-corrected chi connectivity index (χ1v) is 8.14. The summed E-state index contributed by atoms with van der Waals surface area (Å²) in [6, 6.07) is 0. The Kier molecular flexibility index (Phi) is 4.48. The number of ether oxygens (including phenoxy) is 1. The monoisotopic (exact) mass is 322 g/mol. The summed E-state index contributed by atoms with van der Waals surface area (Å²) in [7, 11) is 0. The molecule has 1 saturated carbocycles. The van der Waals surface area contributed by atoms with Gasteiger partial charge in [0.15, 0.2) is 5.82 Å². The van der Waals surface area contributed by atoms with E-state index in [-0.39, 0.29) is 17.3 Å². The second kappa shape index (κ2) is 6.39. The van der Waals surface area contributed by atoms with Crippen molar-refractivity contribution in [1.82, 2.24) is 14.9 Å². The Labute approximate surface area is 135 Å². The quantitative estimate of drug-likeness (QED) is 0.910. The van der Waals surface area contributed by atoms with Crippen LogP contribution < -0.4 is 5.73 Å². The van der Waals surface area contributed by atoms with Crippen molar-refractivity contribution in [2.24, 2.45) is 11.3 Å². The van der Waals surface area contributed by atoms with Crippen LogP contribution in [0.1, 0.15) is 31.9 Å². The van der Waals surface area contributed by atoms with Crippen LogP contribution in [0.5, 0.6) is 0 Å². The van der Waals surface area contributed by atoms with Crippen molar-refractivity contribution in [3.63, 3.8) is 0 Å². The summed E-state index contributed by atoms with van der Waals surface area (Å²) in [6.07, 6.45) is 4.04. The fourth-order valence-corrected chi connectivity index (χ4v) is 3.82. The number of carbonyl (C=O) groups excluding carboxylic acids is 1. The van der Waals surface area contributed by atoms with E-state index in [1.807, 2.05) is 11.8 Å². The minimum atomic E-state index is -0.403. The molecule has 0 atom stereocenters. The van der Waals surface area contributed by atoms with Crippen LogP contribution >= 0.6 is 0 Å². The lowest BCUT2D eigenvalue weighted by Gasteiger charge is -2.48. The third-order valence-corrected chi connectivity index (χ3v) is 4.86. The van der Waals surface area contributed by atoms with Crippen molar-refractivity contribution in [1.29, 1.82) is 0 Å². The van der Waals surface area contributed by atoms with Crippen molar-refractivity contribution in [2.75, 3.05) is 32.0 Å². The highest BCUT2D eigenvalue weighted by Gasteiger charge is 2.47. The molecule has 1 saturated heterocycles. The lowest BCUT2D eigenvalue weighted by molar-refractivity contribution is -0.133. The Hall–Kier alpha value is -1.76. The van der Waals surface area contributed by atoms with Crippen LogP contribution in [0.25, 0.3) is 0 Å². The molecule has 0 aromatic carbocycles. The molecule has 6 nitrogen and oxygen atoms in total. The van der Waals surface area contributed by atoms with Gasteiger partial charge < -0.3 is 15.4 Å². The van der Waals surface area contributed by atoms with Crippen LogP contribution in [0.2, 0.25) is 0 Å². The Morgan fingerprint density at radius 2 is 2.35 bits per heavy atom. The molecule has 0 bridgehead atoms. The topological polar surface area (TPSA) is 81.3 Å². The zero-order valence-corrected chi connectivity index (χ0v) is 13.4. The smallest absolute Gasteiger partial charge is 0.222 e. The number of amides is 1. The van der Waals surface area contributed by atoms with Gasteiger partial charge in [0.05, 0.1) is 25.1 Å². The lowest BCUT2D eigenvalue weighted by Crippen LogP contribution is -2.49. The first-order valence-electron chi connectivity index (χ1n) is 8.14. The van der Waals surface area contributed by atoms with Crippen molar-refractivity contribution >= 4 is 11.9 Å². The molecule has 0 unspecified atom stereocenters. The van der Waals surface area contributed by atoms with Gasteiger partial charge in [-0.15, -0.1) is 0 Å². The predicted molar refractivity (Wildman–Crippen MR) is 83.0 cm³/mol. The van der Waals surface area contributed by atoms with Crippen LogP contribution in [0, 0.1) is 17.2 Å². The number of carbonyl (C=O) groups is 1. The fourth-order valence-electron chi connectivity index (χ4n) is 3.82. The lowest BCUT2D eigenvalue weighted by atomic mass is 9.61. The zero-order valence-electron chi connectivity index (χ0n) is 13.4. The predicted octanol–water partition coefficient (Wildman–Crippen LogP) is 1.41. The molecule has 1 aromatic heterocycles. The van der Waals surface area contributed by atoms with Gasteiger partial charge in [-0.25, -0.2) is 14.4 Å². The largest absolute Gasteiger partial charge is 0.379 e. The summed E-state index contributed by atoms with van der Waals surface area (Å²) in [5.41, 5.74) is 5.93. The van der Waals surface area contributed by atoms with E-state index in [9.17, 15) is 9.18 Å². The van der Waals surface area contributed by atoms with Gasteiger partial charge in [0, 0.05) is 24.9 Å². The summed E-state index contributed by atoms with van der Waals surface area (Å²) in [4.78, 5) is 21.6. The molecule has 23 heavy (non-hydrogen) atoms. The van der Waals surface area contributed by atoms with Crippen LogP contribution in [0.15, 0.2) is 6.20 Å². The molecular weight excluding hydrogens is 299 g/mol. The van der Waals surface area contributed by atoms with Crippen molar-refractivity contribution < 1.29 is 13.9 Å². The van der Waals surface area contributed by atoms with Gasteiger partial charge in [-0.2, -0.15) is 0 Å². The van der Waals surface area contributed by atoms with Gasteiger partial charge in [-0.3, -0.25) is 4.79 Å². The Morgan fingerprint density at radius 1 is 1.57 bits per heavy atom. The van der Waals surface area contributed by atoms with E-state index in [1.165, 1.54) is 0 Å². The summed E-state index contributed by atoms with van der Waals surface area (Å²) >= 11 is 0. The second-order valence-electron chi connectivity index (χ2n) is 6.72. The van der Waals surface area contributed by atoms with E-state index in [2.05, 4.69) is 9.97 Å². The fraction of sp³-hybridized carbons (Fsp3) is 0.688. The van der Waals surface area contributed by atoms with Gasteiger partial charge in [-0.05, 0) is 25.2 Å². The normalized spacial score (nSPS) is 27.6. The van der Waals surface area contributed by atoms with Crippen molar-refractivity contribution in [2.45, 2.75) is 32.6 Å². The molecule has 1 amide bonds. The van der Waals surface area contributed by atoms with Gasteiger partial charge in [0.1, 0.15) is 0 Å². The van der Waals surface area contributed by atoms with Gasteiger partial charge >= 0.3 is 0 Å². The molecule has 1 aliphatic heterocycles. The number of nitrogen functional groups attached to an aromatic ring is 1. The molecule has 0 radical (unpaired) electrons. The van der Waals surface area contributed by atoms with Gasteiger partial charge in [-0.1, -0.05) is 6.92 Å². The molecule has 2 fully saturated rings. The van der Waals surface area contributed by atoms with E-state index < -0.39 is 5.82 Å². The molecular formula is C16H23FN4O2. The summed E-state index contributed by atoms with van der Waals surface area (Å²) in [6.45, 7) is 4.55. The zero-order chi connectivity index (χ0) is 16.4. The maximum atomic E-state index is 13.7. The maximum Gasteiger partial charge on any atom is 0.222 e. The van der Waals surface area contributed by atoms with Crippen LogP contribution in [-0.2, 0) is 16.0 Å². The average molecular weight is 322 g/mol. The number of nitrogens with zero attached hydrogens (tertiary/aromatic N) is 3. The number of hydrogen-bond donors (Lipinski definition) is 1. The molecule has 126 valence electrons. The summed E-state index contributed by atoms with van der Waals surface area (Å²) < 4.78 is 19.4. The van der Waals surface area contributed by atoms with Crippen molar-refractivity contribution in [3.8, 4) is 0 Å². The molecule has 2 N–H and O–H groups in total. The number of nitrogens with two attached hydrogens (primary N) is 1. The van der Waals surface area contributed by atoms with Gasteiger partial charge in [0.25, 0.3) is 0 Å². The third-order valence-electron chi connectivity index (χ3n) is 4.86. The molecule has 1 aromatic rings. The minimum absolute atomic E-state index is 0.0149. The van der Waals surface area contributed by atoms with E-state index in [1.54, 1.807) is 0 Å². The molecule has 2 aliphatic rings. The molecule has 7 heteroatoms. The van der Waals surface area contributed by atoms with E-state index in [4.69, 9.17) is 10.5 Å². The highest BCUT2D eigenvalue weighted by atomic mass is 19.1. The highest BCUT2D eigenvalue weighted by Crippen LogP contribution is 2.48. The standard InChI is InChI=1S/C16H23FN4O2/c1-2-14(22)21-3-4-23-10-16(9-21)6-11(7-16)5-13-12(17)8-19-15(18)20-13/h8,11H,2-7,9-10H2,1H3,(H2,18,19,20). The Morgan fingerprint density at radius 3 is 3.09 bits per heavy atom. The van der Waals surface area contributed by atoms with Crippen LogP contribution in [0.4, 0.5) is 10.3 Å². The first kappa shape index (κ1) is 16.1. The Bertz CT molecular complexity index is 589. The molecule has 3 rings (SSSR count). The summed E-state index contributed by atoms with van der Waals surface area (Å²) in [5.74, 6) is 0.222.